The summed E-state index contributed by atoms with van der Waals surface area (Å²) in [6, 6.07) is 12.8. The highest BCUT2D eigenvalue weighted by atomic mass is 32.2. The van der Waals surface area contributed by atoms with E-state index in [4.69, 9.17) is 4.74 Å². The van der Waals surface area contributed by atoms with Crippen molar-refractivity contribution in [3.8, 4) is 5.75 Å². The second kappa shape index (κ2) is 7.57. The van der Waals surface area contributed by atoms with Crippen LogP contribution in [0.2, 0.25) is 0 Å². The van der Waals surface area contributed by atoms with E-state index in [1.54, 1.807) is 0 Å². The molecule has 124 valence electrons. The molecule has 1 N–H and O–H groups in total. The molecular weight excluding hydrogens is 317 g/mol. The minimum Gasteiger partial charge on any atom is -0.495 e. The molecule has 0 aliphatic rings. The van der Waals surface area contributed by atoms with Gasteiger partial charge < -0.3 is 4.74 Å². The first kappa shape index (κ1) is 17.4. The van der Waals surface area contributed by atoms with E-state index in [0.717, 1.165) is 11.6 Å². The number of methoxy groups -OCH3 is 1. The van der Waals surface area contributed by atoms with Crippen molar-refractivity contribution in [1.29, 1.82) is 0 Å². The van der Waals surface area contributed by atoms with Crippen LogP contribution in [0.3, 0.4) is 0 Å². The molecule has 0 aromatic heterocycles. The second-order valence-electron chi connectivity index (χ2n) is 5.21. The van der Waals surface area contributed by atoms with Crippen LogP contribution in [0.15, 0.2) is 53.4 Å². The molecule has 0 heterocycles. The van der Waals surface area contributed by atoms with Crippen LogP contribution >= 0.6 is 0 Å². The fourth-order valence-corrected chi connectivity index (χ4v) is 3.81. The monoisotopic (exact) mass is 337 g/mol. The van der Waals surface area contributed by atoms with Crippen molar-refractivity contribution in [2.75, 3.05) is 7.11 Å². The van der Waals surface area contributed by atoms with Gasteiger partial charge in [-0.1, -0.05) is 37.3 Å². The third kappa shape index (κ3) is 4.53. The number of benzene rings is 2. The number of rotatable bonds is 7. The van der Waals surface area contributed by atoms with Gasteiger partial charge in [0.15, 0.2) is 0 Å². The minimum absolute atomic E-state index is 0.119. The third-order valence-electron chi connectivity index (χ3n) is 3.55. The Labute approximate surface area is 136 Å². The van der Waals surface area contributed by atoms with Crippen molar-refractivity contribution >= 4 is 10.0 Å². The van der Waals surface area contributed by atoms with E-state index in [2.05, 4.69) is 4.72 Å². The fourth-order valence-electron chi connectivity index (χ4n) is 2.31. The summed E-state index contributed by atoms with van der Waals surface area (Å²) in [6.07, 6.45) is 1.18. The van der Waals surface area contributed by atoms with Crippen molar-refractivity contribution in [3.05, 3.63) is 59.9 Å². The van der Waals surface area contributed by atoms with Crippen molar-refractivity contribution < 1.29 is 17.5 Å². The van der Waals surface area contributed by atoms with Crippen LogP contribution < -0.4 is 9.46 Å². The van der Waals surface area contributed by atoms with Gasteiger partial charge in [-0.3, -0.25) is 0 Å². The normalized spacial score (nSPS) is 12.8. The second-order valence-corrected chi connectivity index (χ2v) is 6.89. The van der Waals surface area contributed by atoms with E-state index in [9.17, 15) is 12.8 Å². The maximum atomic E-state index is 13.4. The standard InChI is InChI=1S/C17H20FNO3S/c1-3-15(11-13-7-5-4-6-8-13)19-23(20,21)17-12-14(18)9-10-16(17)22-2/h4-10,12,15,19H,3,11H2,1-2H3. The quantitative estimate of drug-likeness (QED) is 0.844. The molecule has 2 aromatic rings. The largest absolute Gasteiger partial charge is 0.495 e. The molecule has 1 unspecified atom stereocenters. The SMILES string of the molecule is CCC(Cc1ccccc1)NS(=O)(=O)c1cc(F)ccc1OC. The smallest absolute Gasteiger partial charge is 0.244 e. The van der Waals surface area contributed by atoms with Gasteiger partial charge in [-0.25, -0.2) is 17.5 Å². The molecule has 0 radical (unpaired) electrons. The zero-order chi connectivity index (χ0) is 16.9. The summed E-state index contributed by atoms with van der Waals surface area (Å²) < 4.78 is 46.2. The van der Waals surface area contributed by atoms with Crippen LogP contribution in [0.5, 0.6) is 5.75 Å². The van der Waals surface area contributed by atoms with Gasteiger partial charge in [-0.15, -0.1) is 0 Å². The summed E-state index contributed by atoms with van der Waals surface area (Å²) in [7, 11) is -2.52. The lowest BCUT2D eigenvalue weighted by Gasteiger charge is -2.18. The van der Waals surface area contributed by atoms with Gasteiger partial charge in [0.25, 0.3) is 0 Å². The molecule has 0 saturated carbocycles. The highest BCUT2D eigenvalue weighted by Crippen LogP contribution is 2.25. The molecule has 4 nitrogen and oxygen atoms in total. The van der Waals surface area contributed by atoms with Gasteiger partial charge in [-0.05, 0) is 36.6 Å². The number of hydrogen-bond donors (Lipinski definition) is 1. The Morgan fingerprint density at radius 3 is 2.48 bits per heavy atom. The molecule has 23 heavy (non-hydrogen) atoms. The highest BCUT2D eigenvalue weighted by Gasteiger charge is 2.23. The van der Waals surface area contributed by atoms with Crippen LogP contribution in [0, 0.1) is 5.82 Å². The lowest BCUT2D eigenvalue weighted by molar-refractivity contribution is 0.400. The molecule has 0 spiro atoms. The maximum Gasteiger partial charge on any atom is 0.244 e. The van der Waals surface area contributed by atoms with Gasteiger partial charge in [0.1, 0.15) is 16.5 Å². The Kier molecular flexibility index (Phi) is 5.74. The first-order valence-corrected chi connectivity index (χ1v) is 8.84. The molecular formula is C17H20FNO3S. The number of nitrogens with one attached hydrogen (secondary N) is 1. The first-order valence-electron chi connectivity index (χ1n) is 7.36. The van der Waals surface area contributed by atoms with Crippen molar-refractivity contribution in [3.63, 3.8) is 0 Å². The van der Waals surface area contributed by atoms with Gasteiger partial charge in [0.2, 0.25) is 10.0 Å². The lowest BCUT2D eigenvalue weighted by Crippen LogP contribution is -2.36. The Morgan fingerprint density at radius 1 is 1.17 bits per heavy atom. The van der Waals surface area contributed by atoms with E-state index in [0.29, 0.717) is 12.8 Å². The Hall–Kier alpha value is -1.92. The lowest BCUT2D eigenvalue weighted by atomic mass is 10.1. The number of halogens is 1. The summed E-state index contributed by atoms with van der Waals surface area (Å²) >= 11 is 0. The van der Waals surface area contributed by atoms with Gasteiger partial charge >= 0.3 is 0 Å². The Bertz CT molecular complexity index is 748. The molecule has 2 aromatic carbocycles. The van der Waals surface area contributed by atoms with Crippen LogP contribution in [0.25, 0.3) is 0 Å². The number of sulfonamides is 1. The Balaban J connectivity index is 2.24. The molecule has 2 rings (SSSR count). The molecule has 1 atom stereocenters. The summed E-state index contributed by atoms with van der Waals surface area (Å²) in [6.45, 7) is 1.90. The van der Waals surface area contributed by atoms with E-state index >= 15 is 0 Å². The average molecular weight is 337 g/mol. The van der Waals surface area contributed by atoms with E-state index in [1.807, 2.05) is 37.3 Å². The van der Waals surface area contributed by atoms with Crippen LogP contribution in [-0.4, -0.2) is 21.6 Å². The van der Waals surface area contributed by atoms with Crippen molar-refractivity contribution in [2.24, 2.45) is 0 Å². The van der Waals surface area contributed by atoms with E-state index in [-0.39, 0.29) is 16.7 Å². The zero-order valence-electron chi connectivity index (χ0n) is 13.1. The van der Waals surface area contributed by atoms with Crippen molar-refractivity contribution in [2.45, 2.75) is 30.7 Å². The topological polar surface area (TPSA) is 55.4 Å². The summed E-state index contributed by atoms with van der Waals surface area (Å²) in [5.74, 6) is -0.504. The molecule has 0 bridgehead atoms. The predicted octanol–water partition coefficient (Wildman–Crippen LogP) is 3.13. The molecule has 6 heteroatoms. The Morgan fingerprint density at radius 2 is 1.87 bits per heavy atom. The highest BCUT2D eigenvalue weighted by molar-refractivity contribution is 7.89. The van der Waals surface area contributed by atoms with Crippen molar-refractivity contribution in [1.82, 2.24) is 4.72 Å². The first-order chi connectivity index (χ1) is 11.0. The van der Waals surface area contributed by atoms with Crippen LogP contribution in [0.1, 0.15) is 18.9 Å². The molecule has 0 saturated heterocycles. The molecule has 0 aliphatic carbocycles. The maximum absolute atomic E-state index is 13.4. The number of hydrogen-bond acceptors (Lipinski definition) is 3. The molecule has 0 aliphatic heterocycles. The molecule has 0 amide bonds. The van der Waals surface area contributed by atoms with Gasteiger partial charge in [-0.2, -0.15) is 0 Å². The summed E-state index contributed by atoms with van der Waals surface area (Å²) in [4.78, 5) is -0.188. The van der Waals surface area contributed by atoms with Crippen LogP contribution in [-0.2, 0) is 16.4 Å². The fraction of sp³-hybridized carbons (Fsp3) is 0.294. The predicted molar refractivity (Wildman–Crippen MR) is 87.5 cm³/mol. The average Bonchev–Trinajstić information content (AvgIpc) is 2.55. The number of ether oxygens (including phenoxy) is 1. The van der Waals surface area contributed by atoms with Crippen LogP contribution in [0.4, 0.5) is 4.39 Å². The summed E-state index contributed by atoms with van der Waals surface area (Å²) in [5, 5.41) is 0. The molecule has 0 fully saturated rings. The van der Waals surface area contributed by atoms with E-state index < -0.39 is 15.8 Å². The zero-order valence-corrected chi connectivity index (χ0v) is 13.9. The van der Waals surface area contributed by atoms with E-state index in [1.165, 1.54) is 19.2 Å². The summed E-state index contributed by atoms with van der Waals surface area (Å²) in [5.41, 5.74) is 1.04. The minimum atomic E-state index is -3.87. The van der Waals surface area contributed by atoms with Gasteiger partial charge in [0.05, 0.1) is 7.11 Å². The van der Waals surface area contributed by atoms with Gasteiger partial charge in [0, 0.05) is 6.04 Å². The third-order valence-corrected chi connectivity index (χ3v) is 5.10.